The molecule has 2 amide bonds. The van der Waals surface area contributed by atoms with Crippen LogP contribution < -0.4 is 15.5 Å². The van der Waals surface area contributed by atoms with Gasteiger partial charge in [0.15, 0.2) is 0 Å². The van der Waals surface area contributed by atoms with E-state index in [4.69, 9.17) is 27.9 Å². The number of amides is 2. The molecule has 0 aliphatic carbocycles. The molecule has 0 saturated carbocycles. The Balaban J connectivity index is 1.52. The third-order valence-corrected chi connectivity index (χ3v) is 5.64. The summed E-state index contributed by atoms with van der Waals surface area (Å²) in [6.07, 6.45) is 1.38. The summed E-state index contributed by atoms with van der Waals surface area (Å²) in [4.78, 5) is 36.4. The Hall–Kier alpha value is -2.95. The van der Waals surface area contributed by atoms with Crippen molar-refractivity contribution in [3.05, 3.63) is 97.0 Å². The lowest BCUT2D eigenvalue weighted by atomic mass is 10.2. The van der Waals surface area contributed by atoms with Gasteiger partial charge in [-0.25, -0.2) is 10.2 Å². The quantitative estimate of drug-likeness (QED) is 0.136. The van der Waals surface area contributed by atoms with Gasteiger partial charge in [0.2, 0.25) is 0 Å². The van der Waals surface area contributed by atoms with Crippen LogP contribution in [0.3, 0.4) is 0 Å². The highest BCUT2D eigenvalue weighted by Gasteiger charge is 2.13. The maximum atomic E-state index is 12.3. The highest BCUT2D eigenvalue weighted by molar-refractivity contribution is 14.1. The number of ether oxygens (including phenoxy) is 1. The molecule has 0 radical (unpaired) electrons. The number of nitrogens with zero attached hydrogens (tertiary/aromatic N) is 1. The Morgan fingerprint density at radius 1 is 0.970 bits per heavy atom. The van der Waals surface area contributed by atoms with E-state index in [1.807, 2.05) is 28.7 Å². The smallest absolute Gasteiger partial charge is 0.345 e. The van der Waals surface area contributed by atoms with Crippen molar-refractivity contribution in [2.45, 2.75) is 0 Å². The molecule has 3 rings (SSSR count). The number of halogens is 3. The van der Waals surface area contributed by atoms with Gasteiger partial charge in [0.1, 0.15) is 5.75 Å². The van der Waals surface area contributed by atoms with Crippen molar-refractivity contribution in [3.63, 3.8) is 0 Å². The predicted molar refractivity (Wildman–Crippen MR) is 135 cm³/mol. The van der Waals surface area contributed by atoms with Gasteiger partial charge in [-0.05, 0) is 70.6 Å². The van der Waals surface area contributed by atoms with Gasteiger partial charge in [0, 0.05) is 8.59 Å². The first-order valence-electron chi connectivity index (χ1n) is 9.45. The van der Waals surface area contributed by atoms with E-state index >= 15 is 0 Å². The average Bonchev–Trinajstić information content (AvgIpc) is 2.78. The minimum atomic E-state index is -0.636. The summed E-state index contributed by atoms with van der Waals surface area (Å²) in [5.74, 6) is -1.21. The molecule has 0 heterocycles. The second-order valence-electron chi connectivity index (χ2n) is 6.54. The van der Waals surface area contributed by atoms with E-state index in [1.165, 1.54) is 18.3 Å². The summed E-state index contributed by atoms with van der Waals surface area (Å²) in [5, 5.41) is 6.99. The standard InChI is InChI=1S/C23H16Cl2IN3O4/c24-15-8-9-17(19(25)11-15)23(32)33-16-5-3-4-14(10-16)12-28-29-21(30)13-27-22(31)18-6-1-2-7-20(18)26/h1-12H,13H2,(H,27,31)(H,29,30)/b28-12+. The Labute approximate surface area is 213 Å². The normalized spacial score (nSPS) is 10.6. The SMILES string of the molecule is O=C(CNC(=O)c1ccccc1I)N/N=C/c1cccc(OC(=O)c2ccc(Cl)cc2Cl)c1. The number of carbonyl (C=O) groups excluding carboxylic acids is 3. The fraction of sp³-hybridized carbons (Fsp3) is 0.0435. The molecule has 0 spiro atoms. The molecule has 3 aromatic carbocycles. The van der Waals surface area contributed by atoms with E-state index in [9.17, 15) is 14.4 Å². The van der Waals surface area contributed by atoms with Crippen molar-refractivity contribution in [3.8, 4) is 5.75 Å². The number of benzene rings is 3. The van der Waals surface area contributed by atoms with Crippen LogP contribution in [0.4, 0.5) is 0 Å². The topological polar surface area (TPSA) is 96.9 Å². The van der Waals surface area contributed by atoms with Gasteiger partial charge in [0.05, 0.1) is 28.9 Å². The first kappa shape index (κ1) is 24.7. The molecule has 0 aliphatic rings. The molecular formula is C23H16Cl2IN3O4. The van der Waals surface area contributed by atoms with Crippen molar-refractivity contribution >= 4 is 69.8 Å². The van der Waals surface area contributed by atoms with Gasteiger partial charge in [-0.1, -0.05) is 47.5 Å². The highest BCUT2D eigenvalue weighted by atomic mass is 127. The van der Waals surface area contributed by atoms with E-state index in [2.05, 4.69) is 15.8 Å². The Kier molecular flexibility index (Phi) is 8.81. The van der Waals surface area contributed by atoms with E-state index in [0.717, 1.165) is 3.57 Å². The van der Waals surface area contributed by atoms with Gasteiger partial charge in [-0.3, -0.25) is 9.59 Å². The van der Waals surface area contributed by atoms with Crippen LogP contribution in [0.1, 0.15) is 26.3 Å². The van der Waals surface area contributed by atoms with Crippen LogP contribution in [0.5, 0.6) is 5.75 Å². The average molecular weight is 596 g/mol. The van der Waals surface area contributed by atoms with Crippen molar-refractivity contribution < 1.29 is 19.1 Å². The Morgan fingerprint density at radius 2 is 1.76 bits per heavy atom. The van der Waals surface area contributed by atoms with Crippen LogP contribution in [0.15, 0.2) is 71.8 Å². The van der Waals surface area contributed by atoms with Crippen LogP contribution in [-0.2, 0) is 4.79 Å². The second kappa shape index (κ2) is 11.8. The van der Waals surface area contributed by atoms with Crippen LogP contribution >= 0.6 is 45.8 Å². The van der Waals surface area contributed by atoms with Crippen molar-refractivity contribution in [1.29, 1.82) is 0 Å². The number of esters is 1. The molecule has 0 aromatic heterocycles. The summed E-state index contributed by atoms with van der Waals surface area (Å²) in [6, 6.07) is 18.1. The lowest BCUT2D eigenvalue weighted by Crippen LogP contribution is -2.35. The number of carbonyl (C=O) groups is 3. The van der Waals surface area contributed by atoms with Crippen molar-refractivity contribution in [2.75, 3.05) is 6.54 Å². The zero-order chi connectivity index (χ0) is 23.8. The summed E-state index contributed by atoms with van der Waals surface area (Å²) in [5.41, 5.74) is 3.57. The summed E-state index contributed by atoms with van der Waals surface area (Å²) < 4.78 is 6.12. The van der Waals surface area contributed by atoms with E-state index in [0.29, 0.717) is 16.1 Å². The minimum Gasteiger partial charge on any atom is -0.423 e. The number of hydrazone groups is 1. The van der Waals surface area contributed by atoms with E-state index < -0.39 is 11.9 Å². The number of nitrogens with one attached hydrogen (secondary N) is 2. The predicted octanol–water partition coefficient (Wildman–Crippen LogP) is 4.70. The van der Waals surface area contributed by atoms with Gasteiger partial charge in [-0.15, -0.1) is 0 Å². The van der Waals surface area contributed by atoms with Gasteiger partial charge in [0.25, 0.3) is 11.8 Å². The zero-order valence-electron chi connectivity index (χ0n) is 16.8. The zero-order valence-corrected chi connectivity index (χ0v) is 20.5. The molecule has 0 unspecified atom stereocenters. The molecule has 10 heteroatoms. The number of rotatable bonds is 7. The Morgan fingerprint density at radius 3 is 2.52 bits per heavy atom. The lowest BCUT2D eigenvalue weighted by Gasteiger charge is -2.07. The molecule has 0 bridgehead atoms. The number of hydrogen-bond acceptors (Lipinski definition) is 5. The fourth-order valence-corrected chi connectivity index (χ4v) is 3.71. The summed E-state index contributed by atoms with van der Waals surface area (Å²) >= 11 is 13.9. The molecule has 3 aromatic rings. The van der Waals surface area contributed by atoms with Crippen LogP contribution in [0.25, 0.3) is 0 Å². The van der Waals surface area contributed by atoms with Crippen molar-refractivity contribution in [2.24, 2.45) is 5.10 Å². The molecule has 0 aliphatic heterocycles. The first-order chi connectivity index (χ1) is 15.8. The Bertz CT molecular complexity index is 1230. The molecule has 2 N–H and O–H groups in total. The molecule has 0 atom stereocenters. The van der Waals surface area contributed by atoms with Crippen LogP contribution in [0.2, 0.25) is 10.0 Å². The second-order valence-corrected chi connectivity index (χ2v) is 8.55. The van der Waals surface area contributed by atoms with E-state index in [-0.39, 0.29) is 28.8 Å². The molecule has 168 valence electrons. The molecule has 0 fully saturated rings. The van der Waals surface area contributed by atoms with Gasteiger partial charge >= 0.3 is 5.97 Å². The maximum Gasteiger partial charge on any atom is 0.345 e. The highest BCUT2D eigenvalue weighted by Crippen LogP contribution is 2.23. The third-order valence-electron chi connectivity index (χ3n) is 4.15. The summed E-state index contributed by atoms with van der Waals surface area (Å²) in [6.45, 7) is -0.235. The van der Waals surface area contributed by atoms with E-state index in [1.54, 1.807) is 48.5 Å². The first-order valence-corrected chi connectivity index (χ1v) is 11.3. The van der Waals surface area contributed by atoms with Gasteiger partial charge in [-0.2, -0.15) is 5.10 Å². The van der Waals surface area contributed by atoms with Gasteiger partial charge < -0.3 is 10.1 Å². The molecule has 33 heavy (non-hydrogen) atoms. The third kappa shape index (κ3) is 7.28. The molecule has 7 nitrogen and oxygen atoms in total. The number of hydrogen-bond donors (Lipinski definition) is 2. The largest absolute Gasteiger partial charge is 0.423 e. The molecular weight excluding hydrogens is 580 g/mol. The maximum absolute atomic E-state index is 12.3. The van der Waals surface area contributed by atoms with Crippen LogP contribution in [0, 0.1) is 3.57 Å². The monoisotopic (exact) mass is 595 g/mol. The lowest BCUT2D eigenvalue weighted by molar-refractivity contribution is -0.120. The summed E-state index contributed by atoms with van der Waals surface area (Å²) in [7, 11) is 0. The van der Waals surface area contributed by atoms with Crippen molar-refractivity contribution in [1.82, 2.24) is 10.7 Å². The molecule has 0 saturated heterocycles. The minimum absolute atomic E-state index is 0.180. The van der Waals surface area contributed by atoms with Crippen LogP contribution in [-0.4, -0.2) is 30.5 Å². The fourth-order valence-electron chi connectivity index (χ4n) is 2.59.